The van der Waals surface area contributed by atoms with Crippen LogP contribution in [0.15, 0.2) is 40.8 Å². The highest BCUT2D eigenvalue weighted by atomic mass is 16.3. The third kappa shape index (κ3) is 2.24. The lowest BCUT2D eigenvalue weighted by atomic mass is 9.91. The molecule has 0 radical (unpaired) electrons. The fourth-order valence-corrected chi connectivity index (χ4v) is 5.11. The highest BCUT2D eigenvalue weighted by molar-refractivity contribution is 5.97. The van der Waals surface area contributed by atoms with Crippen LogP contribution < -0.4 is 15.2 Å². The van der Waals surface area contributed by atoms with Crippen LogP contribution in [0.3, 0.4) is 0 Å². The van der Waals surface area contributed by atoms with Crippen LogP contribution in [-0.4, -0.2) is 24.6 Å². The van der Waals surface area contributed by atoms with E-state index in [-0.39, 0.29) is 0 Å². The molecule has 0 amide bonds. The number of aromatic nitrogens is 1. The van der Waals surface area contributed by atoms with Crippen molar-refractivity contribution < 1.29 is 9.41 Å². The van der Waals surface area contributed by atoms with Crippen LogP contribution in [0.1, 0.15) is 30.9 Å². The number of anilines is 1. The monoisotopic (exact) mass is 370 g/mol. The molecule has 0 saturated heterocycles. The molecular formula is C24H24N3O+. The molecule has 0 bridgehead atoms. The van der Waals surface area contributed by atoms with E-state index in [4.69, 9.17) is 9.40 Å². The molecule has 0 aromatic heterocycles. The quantitative estimate of drug-likeness (QED) is 0.414. The van der Waals surface area contributed by atoms with Gasteiger partial charge in [-0.25, -0.2) is 9.98 Å². The predicted octanol–water partition coefficient (Wildman–Crippen LogP) is 2.79. The summed E-state index contributed by atoms with van der Waals surface area (Å²) in [6.07, 6.45) is 4.66. The van der Waals surface area contributed by atoms with Crippen molar-refractivity contribution in [3.63, 3.8) is 0 Å². The minimum absolute atomic E-state index is 0.867. The molecule has 4 heteroatoms. The molecular weight excluding hydrogens is 346 g/mol. The van der Waals surface area contributed by atoms with Crippen LogP contribution in [0.2, 0.25) is 0 Å². The van der Waals surface area contributed by atoms with Gasteiger partial charge in [-0.2, -0.15) is 0 Å². The Morgan fingerprint density at radius 1 is 1.07 bits per heavy atom. The Kier molecular flexibility index (Phi) is 3.49. The third-order valence-corrected chi connectivity index (χ3v) is 6.25. The van der Waals surface area contributed by atoms with Crippen molar-refractivity contribution >= 4 is 27.6 Å². The molecule has 0 atom stereocenters. The Labute approximate surface area is 163 Å². The molecule has 0 saturated carbocycles. The van der Waals surface area contributed by atoms with Crippen molar-refractivity contribution in [2.75, 3.05) is 24.5 Å². The van der Waals surface area contributed by atoms with Crippen LogP contribution in [0.25, 0.3) is 33.3 Å². The summed E-state index contributed by atoms with van der Waals surface area (Å²) >= 11 is 0. The number of benzene rings is 3. The molecule has 0 spiro atoms. The van der Waals surface area contributed by atoms with E-state index in [1.165, 1.54) is 48.1 Å². The van der Waals surface area contributed by atoms with Crippen molar-refractivity contribution in [2.45, 2.75) is 32.6 Å². The van der Waals surface area contributed by atoms with Crippen LogP contribution in [0.4, 0.5) is 5.69 Å². The van der Waals surface area contributed by atoms with Gasteiger partial charge in [0.2, 0.25) is 5.36 Å². The molecule has 4 nitrogen and oxygen atoms in total. The predicted molar refractivity (Wildman–Crippen MR) is 112 cm³/mol. The van der Waals surface area contributed by atoms with Gasteiger partial charge in [-0.3, -0.25) is 0 Å². The summed E-state index contributed by atoms with van der Waals surface area (Å²) in [7, 11) is 0. The standard InChI is InChI=1S/C24H23N3O/c1-2-25-19-14-21-22(17-9-4-3-8-16(17)19)26-20-13-15-7-5-11-27-12-6-10-18(23(15)27)24(20)28-21/h3-4,8-9,13-14H,2,5-7,10-12H2,1H3/p+1. The van der Waals surface area contributed by atoms with Gasteiger partial charge in [-0.15, -0.1) is 0 Å². The number of hydrogen-bond acceptors (Lipinski definition) is 3. The first-order chi connectivity index (χ1) is 13.8. The topological polar surface area (TPSA) is 43.2 Å². The first-order valence-corrected chi connectivity index (χ1v) is 10.5. The van der Waals surface area contributed by atoms with Gasteiger partial charge >= 0.3 is 0 Å². The fourth-order valence-electron chi connectivity index (χ4n) is 5.11. The maximum atomic E-state index is 6.58. The zero-order valence-corrected chi connectivity index (χ0v) is 16.2. The highest BCUT2D eigenvalue weighted by Crippen LogP contribution is 2.41. The minimum Gasteiger partial charge on any atom is -0.452 e. The lowest BCUT2D eigenvalue weighted by Crippen LogP contribution is -2.76. The van der Waals surface area contributed by atoms with Gasteiger partial charge in [0.25, 0.3) is 0 Å². The average molecular weight is 370 g/mol. The largest absolute Gasteiger partial charge is 0.452 e. The lowest BCUT2D eigenvalue weighted by molar-refractivity contribution is -0.494. The normalized spacial score (nSPS) is 16.9. The lowest BCUT2D eigenvalue weighted by Gasteiger charge is -2.37. The van der Waals surface area contributed by atoms with Gasteiger partial charge < -0.3 is 9.32 Å². The maximum Gasteiger partial charge on any atom is 0.210 e. The molecule has 3 heterocycles. The maximum absolute atomic E-state index is 6.58. The first-order valence-electron chi connectivity index (χ1n) is 10.5. The van der Waals surface area contributed by atoms with E-state index in [1.807, 2.05) is 0 Å². The van der Waals surface area contributed by atoms with Gasteiger partial charge in [-0.05, 0) is 50.3 Å². The molecule has 4 aliphatic rings. The zero-order valence-electron chi connectivity index (χ0n) is 16.2. The van der Waals surface area contributed by atoms with Crippen molar-refractivity contribution in [3.05, 3.63) is 52.9 Å². The molecule has 3 aliphatic heterocycles. The van der Waals surface area contributed by atoms with E-state index in [0.717, 1.165) is 52.7 Å². The van der Waals surface area contributed by atoms with E-state index in [2.05, 4.69) is 53.2 Å². The molecule has 1 aliphatic carbocycles. The second kappa shape index (κ2) is 6.06. The molecule has 0 fully saturated rings. The number of aryl methyl sites for hydroxylation is 2. The molecule has 0 unspecified atom stereocenters. The van der Waals surface area contributed by atoms with Crippen LogP contribution in [0.5, 0.6) is 0 Å². The van der Waals surface area contributed by atoms with Crippen LogP contribution >= 0.6 is 0 Å². The summed E-state index contributed by atoms with van der Waals surface area (Å²) in [6.45, 7) is 5.34. The average Bonchev–Trinajstić information content (AvgIpc) is 2.74. The Morgan fingerprint density at radius 3 is 2.75 bits per heavy atom. The van der Waals surface area contributed by atoms with E-state index < -0.39 is 0 Å². The number of nitrogens with one attached hydrogen (secondary N) is 1. The Bertz CT molecular complexity index is 1270. The molecule has 140 valence electrons. The van der Waals surface area contributed by atoms with Gasteiger partial charge in [-0.1, -0.05) is 18.2 Å². The van der Waals surface area contributed by atoms with Crippen molar-refractivity contribution in [2.24, 2.45) is 0 Å². The third-order valence-electron chi connectivity index (χ3n) is 6.25. The summed E-state index contributed by atoms with van der Waals surface area (Å²) < 4.78 is 6.58. The van der Waals surface area contributed by atoms with E-state index in [0.29, 0.717) is 0 Å². The highest BCUT2D eigenvalue weighted by Gasteiger charge is 2.28. The van der Waals surface area contributed by atoms with E-state index in [1.54, 1.807) is 0 Å². The molecule has 6 rings (SSSR count). The number of fused-ring (bicyclic) bond motifs is 5. The van der Waals surface area contributed by atoms with Crippen molar-refractivity contribution in [3.8, 4) is 11.5 Å². The number of hydrogen-bond donors (Lipinski definition) is 1. The Hall–Kier alpha value is -2.88. The van der Waals surface area contributed by atoms with Crippen LogP contribution in [0, 0.1) is 0 Å². The number of nitrogens with zero attached hydrogens (tertiary/aromatic N) is 2. The summed E-state index contributed by atoms with van der Waals surface area (Å²) in [5, 5.41) is 3.46. The van der Waals surface area contributed by atoms with Gasteiger partial charge in [0, 0.05) is 29.7 Å². The second-order valence-electron chi connectivity index (χ2n) is 7.97. The van der Waals surface area contributed by atoms with Crippen molar-refractivity contribution in [1.82, 2.24) is 4.98 Å². The number of rotatable bonds is 1. The molecule has 2 aromatic carbocycles. The fraction of sp³-hybridized carbons (Fsp3) is 0.333. The smallest absolute Gasteiger partial charge is 0.210 e. The van der Waals surface area contributed by atoms with Gasteiger partial charge in [0.05, 0.1) is 11.5 Å². The Morgan fingerprint density at radius 2 is 1.89 bits per heavy atom. The molecule has 28 heavy (non-hydrogen) atoms. The Balaban J connectivity index is 1.75. The minimum atomic E-state index is 0.867. The zero-order chi connectivity index (χ0) is 18.7. The summed E-state index contributed by atoms with van der Waals surface area (Å²) in [4.78, 5) is 11.2. The summed E-state index contributed by atoms with van der Waals surface area (Å²) in [5.41, 5.74) is 7.19. The first kappa shape index (κ1) is 16.1. The van der Waals surface area contributed by atoms with E-state index >= 15 is 0 Å². The SMILES string of the molecule is CC[NH+]=c1cc2oc3c4c5c(cc3nc-2c2ccccc12)CCCN5CCC4. The van der Waals surface area contributed by atoms with Gasteiger partial charge in [0.1, 0.15) is 17.8 Å². The summed E-state index contributed by atoms with van der Waals surface area (Å²) in [5.74, 6) is 0.867. The second-order valence-corrected chi connectivity index (χ2v) is 7.97. The van der Waals surface area contributed by atoms with Crippen LogP contribution in [-0.2, 0) is 12.8 Å². The summed E-state index contributed by atoms with van der Waals surface area (Å²) in [6, 6.07) is 12.9. The van der Waals surface area contributed by atoms with Gasteiger partial charge in [0.15, 0.2) is 11.3 Å². The molecule has 1 N–H and O–H groups in total. The van der Waals surface area contributed by atoms with Crippen molar-refractivity contribution in [1.29, 1.82) is 0 Å². The van der Waals surface area contributed by atoms with E-state index in [9.17, 15) is 0 Å². The molecule has 2 aromatic rings.